The zero-order valence-corrected chi connectivity index (χ0v) is 15.1. The van der Waals surface area contributed by atoms with Crippen molar-refractivity contribution in [3.05, 3.63) is 47.5 Å². The summed E-state index contributed by atoms with van der Waals surface area (Å²) in [6.07, 6.45) is 5.48. The molecule has 0 radical (unpaired) electrons. The first-order valence-electron chi connectivity index (χ1n) is 8.06. The van der Waals surface area contributed by atoms with Crippen LogP contribution in [-0.2, 0) is 4.74 Å². The monoisotopic (exact) mass is 403 g/mol. The van der Waals surface area contributed by atoms with Gasteiger partial charge in [0.2, 0.25) is 0 Å². The van der Waals surface area contributed by atoms with Crippen molar-refractivity contribution in [2.75, 3.05) is 36.6 Å². The Labute approximate surface area is 153 Å². The van der Waals surface area contributed by atoms with Crippen LogP contribution in [0.5, 0.6) is 0 Å². The number of rotatable bonds is 4. The van der Waals surface area contributed by atoms with Gasteiger partial charge < -0.3 is 24.5 Å². The molecule has 3 heterocycles. The van der Waals surface area contributed by atoms with Gasteiger partial charge in [0.05, 0.1) is 25.9 Å². The molecule has 1 fully saturated rings. The van der Waals surface area contributed by atoms with E-state index in [0.717, 1.165) is 28.2 Å². The molecule has 0 amide bonds. The molecule has 4 rings (SSSR count). The van der Waals surface area contributed by atoms with Gasteiger partial charge in [-0.05, 0) is 40.2 Å². The number of nitrogens with zero attached hydrogens (tertiary/aromatic N) is 4. The maximum atomic E-state index is 9.52. The van der Waals surface area contributed by atoms with Crippen LogP contribution in [0.2, 0.25) is 0 Å². The summed E-state index contributed by atoms with van der Waals surface area (Å²) in [5.41, 5.74) is 2.76. The number of hydrogen-bond acceptors (Lipinski definition) is 6. The van der Waals surface area contributed by atoms with Crippen molar-refractivity contribution in [1.82, 2.24) is 14.4 Å². The molecule has 0 aliphatic carbocycles. The quantitative estimate of drug-likeness (QED) is 0.696. The van der Waals surface area contributed by atoms with Crippen LogP contribution in [0.4, 0.5) is 17.2 Å². The van der Waals surface area contributed by atoms with Gasteiger partial charge in [0.15, 0.2) is 11.5 Å². The third kappa shape index (κ3) is 3.33. The van der Waals surface area contributed by atoms with Crippen LogP contribution < -0.4 is 10.2 Å². The van der Waals surface area contributed by atoms with Crippen molar-refractivity contribution in [2.24, 2.45) is 0 Å². The number of nitrogens with one attached hydrogen (secondary N) is 1. The summed E-state index contributed by atoms with van der Waals surface area (Å²) in [6, 6.07) is 8.08. The van der Waals surface area contributed by atoms with Crippen LogP contribution in [0.3, 0.4) is 0 Å². The highest BCUT2D eigenvalue weighted by Gasteiger charge is 2.22. The Hall–Kier alpha value is -2.16. The minimum Gasteiger partial charge on any atom is -0.394 e. The summed E-state index contributed by atoms with van der Waals surface area (Å²) in [5.74, 6) is 0.687. The molecular weight excluding hydrogens is 386 g/mol. The van der Waals surface area contributed by atoms with Gasteiger partial charge in [-0.3, -0.25) is 0 Å². The van der Waals surface area contributed by atoms with Gasteiger partial charge in [0, 0.05) is 36.5 Å². The predicted octanol–water partition coefficient (Wildman–Crippen LogP) is 2.43. The standard InChI is InChI=1S/C17H18BrN5O2/c18-15-9-22-6-5-19-17(22)16(21-15)20-12-1-3-13(4-2-12)23-7-8-25-11-14(23)10-24/h1-6,9,14,24H,7-8,10-11H2,(H,20,21). The van der Waals surface area contributed by atoms with Crippen LogP contribution in [0.25, 0.3) is 5.65 Å². The highest BCUT2D eigenvalue weighted by molar-refractivity contribution is 9.10. The molecule has 1 aromatic carbocycles. The molecule has 0 bridgehead atoms. The minimum atomic E-state index is 0.00356. The lowest BCUT2D eigenvalue weighted by Crippen LogP contribution is -2.47. The third-order valence-corrected chi connectivity index (χ3v) is 4.63. The zero-order chi connectivity index (χ0) is 17.2. The Balaban J connectivity index is 1.57. The van der Waals surface area contributed by atoms with E-state index in [9.17, 15) is 5.11 Å². The Morgan fingerprint density at radius 3 is 2.96 bits per heavy atom. The third-order valence-electron chi connectivity index (χ3n) is 4.24. The molecule has 2 aromatic heterocycles. The summed E-state index contributed by atoms with van der Waals surface area (Å²) < 4.78 is 8.08. The van der Waals surface area contributed by atoms with Crippen molar-refractivity contribution < 1.29 is 9.84 Å². The lowest BCUT2D eigenvalue weighted by molar-refractivity contribution is 0.0727. The Kier molecular flexibility index (Phi) is 4.56. The molecule has 1 aliphatic heterocycles. The van der Waals surface area contributed by atoms with E-state index in [1.54, 1.807) is 6.20 Å². The lowest BCUT2D eigenvalue weighted by atomic mass is 10.2. The van der Waals surface area contributed by atoms with Gasteiger partial charge in [-0.25, -0.2) is 9.97 Å². The number of ether oxygens (including phenoxy) is 1. The molecule has 0 spiro atoms. The Morgan fingerprint density at radius 1 is 1.32 bits per heavy atom. The van der Waals surface area contributed by atoms with E-state index in [4.69, 9.17) is 4.74 Å². The minimum absolute atomic E-state index is 0.00356. The first kappa shape index (κ1) is 16.3. The lowest BCUT2D eigenvalue weighted by Gasteiger charge is -2.36. The summed E-state index contributed by atoms with van der Waals surface area (Å²) in [6.45, 7) is 2.09. The molecule has 130 valence electrons. The SMILES string of the molecule is OCC1COCCN1c1ccc(Nc2nc(Br)cn3ccnc23)cc1. The zero-order valence-electron chi connectivity index (χ0n) is 13.5. The molecule has 8 heteroatoms. The smallest absolute Gasteiger partial charge is 0.180 e. The van der Waals surface area contributed by atoms with E-state index in [1.165, 1.54) is 0 Å². The number of fused-ring (bicyclic) bond motifs is 1. The Morgan fingerprint density at radius 2 is 2.16 bits per heavy atom. The fourth-order valence-electron chi connectivity index (χ4n) is 3.00. The number of benzene rings is 1. The van der Waals surface area contributed by atoms with Crippen molar-refractivity contribution in [1.29, 1.82) is 0 Å². The maximum Gasteiger partial charge on any atom is 0.180 e. The van der Waals surface area contributed by atoms with Crippen LogP contribution in [-0.4, -0.2) is 51.9 Å². The predicted molar refractivity (Wildman–Crippen MR) is 99.5 cm³/mol. The van der Waals surface area contributed by atoms with Crippen molar-refractivity contribution in [3.8, 4) is 0 Å². The number of aliphatic hydroxyl groups excluding tert-OH is 1. The summed E-state index contributed by atoms with van der Waals surface area (Å²) in [4.78, 5) is 11.0. The van der Waals surface area contributed by atoms with Crippen molar-refractivity contribution >= 4 is 38.8 Å². The van der Waals surface area contributed by atoms with Crippen LogP contribution in [0, 0.1) is 0 Å². The molecule has 3 aromatic rings. The van der Waals surface area contributed by atoms with E-state index in [2.05, 4.69) is 36.1 Å². The van der Waals surface area contributed by atoms with Gasteiger partial charge in [0.1, 0.15) is 4.60 Å². The molecule has 1 unspecified atom stereocenters. The highest BCUT2D eigenvalue weighted by atomic mass is 79.9. The fourth-order valence-corrected chi connectivity index (χ4v) is 3.40. The van der Waals surface area contributed by atoms with E-state index in [1.807, 2.05) is 41.1 Å². The summed E-state index contributed by atoms with van der Waals surface area (Å²) >= 11 is 3.42. The van der Waals surface area contributed by atoms with Gasteiger partial charge in [-0.1, -0.05) is 0 Å². The Bertz CT molecular complexity index is 867. The van der Waals surface area contributed by atoms with Crippen LogP contribution in [0.1, 0.15) is 0 Å². The first-order valence-corrected chi connectivity index (χ1v) is 8.85. The number of imidazole rings is 1. The van der Waals surface area contributed by atoms with E-state index < -0.39 is 0 Å². The fraction of sp³-hybridized carbons (Fsp3) is 0.294. The van der Waals surface area contributed by atoms with E-state index in [-0.39, 0.29) is 12.6 Å². The van der Waals surface area contributed by atoms with E-state index >= 15 is 0 Å². The van der Waals surface area contributed by atoms with Gasteiger partial charge in [-0.2, -0.15) is 0 Å². The first-order chi connectivity index (χ1) is 12.2. The van der Waals surface area contributed by atoms with Gasteiger partial charge >= 0.3 is 0 Å². The highest BCUT2D eigenvalue weighted by Crippen LogP contribution is 2.25. The normalized spacial score (nSPS) is 17.8. The van der Waals surface area contributed by atoms with Gasteiger partial charge in [0.25, 0.3) is 0 Å². The second kappa shape index (κ2) is 6.99. The molecule has 1 aliphatic rings. The number of halogens is 1. The number of morpholine rings is 1. The largest absolute Gasteiger partial charge is 0.394 e. The molecule has 25 heavy (non-hydrogen) atoms. The molecule has 1 saturated heterocycles. The number of aromatic nitrogens is 3. The molecule has 2 N–H and O–H groups in total. The molecule has 1 atom stereocenters. The molecule has 0 saturated carbocycles. The van der Waals surface area contributed by atoms with Crippen LogP contribution >= 0.6 is 15.9 Å². The molecule has 7 nitrogen and oxygen atoms in total. The number of aliphatic hydroxyl groups is 1. The average Bonchev–Trinajstić information content (AvgIpc) is 3.11. The second-order valence-electron chi connectivity index (χ2n) is 5.85. The average molecular weight is 404 g/mol. The van der Waals surface area contributed by atoms with E-state index in [0.29, 0.717) is 19.0 Å². The van der Waals surface area contributed by atoms with Gasteiger partial charge in [-0.15, -0.1) is 0 Å². The molecular formula is C17H18BrN5O2. The van der Waals surface area contributed by atoms with Crippen molar-refractivity contribution in [2.45, 2.75) is 6.04 Å². The number of hydrogen-bond donors (Lipinski definition) is 2. The summed E-state index contributed by atoms with van der Waals surface area (Å²) in [5, 5.41) is 12.8. The number of anilines is 3. The second-order valence-corrected chi connectivity index (χ2v) is 6.66. The maximum absolute atomic E-state index is 9.52. The van der Waals surface area contributed by atoms with Crippen LogP contribution in [0.15, 0.2) is 47.5 Å². The topological polar surface area (TPSA) is 74.9 Å². The van der Waals surface area contributed by atoms with Crippen molar-refractivity contribution in [3.63, 3.8) is 0 Å². The summed E-state index contributed by atoms with van der Waals surface area (Å²) in [7, 11) is 0.